The molecule has 0 aliphatic carbocycles. The summed E-state index contributed by atoms with van der Waals surface area (Å²) in [6.07, 6.45) is -11.5. The van der Waals surface area contributed by atoms with Gasteiger partial charge in [-0.3, -0.25) is 0 Å². The summed E-state index contributed by atoms with van der Waals surface area (Å²) in [6.45, 7) is 4.09. The van der Waals surface area contributed by atoms with Crippen LogP contribution in [0.2, 0.25) is 10.0 Å². The number of aromatic carboxylic acids is 1. The van der Waals surface area contributed by atoms with Crippen molar-refractivity contribution in [1.82, 2.24) is 14.9 Å². The number of hydrogen-bond acceptors (Lipinski definition) is 6. The molecule has 0 bridgehead atoms. The lowest BCUT2D eigenvalue weighted by Gasteiger charge is -2.35. The van der Waals surface area contributed by atoms with Gasteiger partial charge in [-0.05, 0) is 57.4 Å². The van der Waals surface area contributed by atoms with Crippen molar-refractivity contribution in [3.8, 4) is 0 Å². The Hall–Kier alpha value is -3.59. The number of amides is 1. The van der Waals surface area contributed by atoms with E-state index in [1.54, 1.807) is 25.7 Å². The van der Waals surface area contributed by atoms with Crippen LogP contribution in [-0.4, -0.2) is 64.3 Å². The molecule has 1 fully saturated rings. The molecule has 47 heavy (non-hydrogen) atoms. The summed E-state index contributed by atoms with van der Waals surface area (Å²) in [5, 5.41) is 12.4. The molecule has 0 unspecified atom stereocenters. The van der Waals surface area contributed by atoms with Crippen molar-refractivity contribution < 1.29 is 45.8 Å². The predicted octanol–water partition coefficient (Wildman–Crippen LogP) is 8.47. The van der Waals surface area contributed by atoms with Crippen LogP contribution in [0.15, 0.2) is 24.3 Å². The van der Waals surface area contributed by atoms with Crippen LogP contribution in [0.5, 0.6) is 0 Å². The fourth-order valence-corrected chi connectivity index (χ4v) is 5.98. The fourth-order valence-electron chi connectivity index (χ4n) is 5.34. The number of carbonyl (C=O) groups is 2. The summed E-state index contributed by atoms with van der Waals surface area (Å²) >= 11 is 13.2. The molecule has 9 nitrogen and oxygen atoms in total. The van der Waals surface area contributed by atoms with Crippen LogP contribution in [-0.2, 0) is 18.3 Å². The molecule has 258 valence electrons. The molecule has 1 aliphatic rings. The number of imidazole rings is 1. The summed E-state index contributed by atoms with van der Waals surface area (Å²) in [6, 6.07) is 5.59. The highest BCUT2D eigenvalue weighted by atomic mass is 35.5. The number of rotatable bonds is 8. The van der Waals surface area contributed by atoms with Gasteiger partial charge in [-0.15, -0.1) is 0 Å². The Bertz CT molecular complexity index is 1650. The molecule has 4 rings (SSSR count). The SMILES string of the molecule is Cn1c(N(CCC(F)(F)F)c2c(Cl)ccc(CNC(=O)OC(C)(C)C)c2Cl)nc2cc(C(=O)O)c(N3CCC(C(F)(F)F)CC3)cc21. The lowest BCUT2D eigenvalue weighted by Crippen LogP contribution is -2.39. The third kappa shape index (κ3) is 8.66. The lowest BCUT2D eigenvalue weighted by atomic mass is 9.95. The van der Waals surface area contributed by atoms with Gasteiger partial charge >= 0.3 is 24.4 Å². The minimum atomic E-state index is -4.59. The monoisotopic (exact) mass is 711 g/mol. The minimum Gasteiger partial charge on any atom is -0.478 e. The van der Waals surface area contributed by atoms with Crippen LogP contribution < -0.4 is 15.1 Å². The van der Waals surface area contributed by atoms with Gasteiger partial charge in [0.05, 0.1) is 50.4 Å². The number of ether oxygens (including phenoxy) is 1. The van der Waals surface area contributed by atoms with Crippen molar-refractivity contribution in [3.05, 3.63) is 45.4 Å². The number of alkyl halides is 6. The Balaban J connectivity index is 1.78. The van der Waals surface area contributed by atoms with E-state index in [4.69, 9.17) is 27.9 Å². The predicted molar refractivity (Wildman–Crippen MR) is 166 cm³/mol. The second-order valence-electron chi connectivity index (χ2n) is 12.2. The first-order chi connectivity index (χ1) is 21.7. The van der Waals surface area contributed by atoms with Crippen molar-refractivity contribution in [2.75, 3.05) is 29.4 Å². The summed E-state index contributed by atoms with van der Waals surface area (Å²) in [5.41, 5.74) is -0.148. The lowest BCUT2D eigenvalue weighted by molar-refractivity contribution is -0.179. The highest BCUT2D eigenvalue weighted by Gasteiger charge is 2.41. The molecule has 2 N–H and O–H groups in total. The maximum absolute atomic E-state index is 13.6. The average Bonchev–Trinajstić information content (AvgIpc) is 3.26. The van der Waals surface area contributed by atoms with E-state index in [1.807, 2.05) is 0 Å². The topological polar surface area (TPSA) is 99.9 Å². The van der Waals surface area contributed by atoms with Crippen LogP contribution in [0.1, 0.15) is 56.0 Å². The van der Waals surface area contributed by atoms with Gasteiger partial charge in [0.1, 0.15) is 5.60 Å². The fraction of sp³-hybridized carbons (Fsp3) is 0.500. The molecule has 0 saturated carbocycles. The van der Waals surface area contributed by atoms with Crippen LogP contribution >= 0.6 is 23.2 Å². The molecule has 0 radical (unpaired) electrons. The van der Waals surface area contributed by atoms with E-state index in [0.29, 0.717) is 11.1 Å². The number of nitrogens with zero attached hydrogens (tertiary/aromatic N) is 4. The number of hydrogen-bond donors (Lipinski definition) is 2. The Morgan fingerprint density at radius 2 is 1.72 bits per heavy atom. The first kappa shape index (κ1) is 36.2. The van der Waals surface area contributed by atoms with Gasteiger partial charge in [0, 0.05) is 33.2 Å². The molecular formula is C30H33Cl2F6N5O4. The molecular weight excluding hydrogens is 679 g/mol. The standard InChI is InChI=1S/C30H33Cl2F6N5O4/c1-28(2,3)47-27(46)39-15-16-5-6-19(31)24(23(16)32)43(12-9-29(33,34)35)26-40-20-13-18(25(44)45)21(14-22(20)41(26)4)42-10-7-17(8-11-42)30(36,37)38/h5-6,13-14,17H,7-12,15H2,1-4H3,(H,39,46)(H,44,45). The van der Waals surface area contributed by atoms with Crippen LogP contribution in [0, 0.1) is 5.92 Å². The van der Waals surface area contributed by atoms with Gasteiger partial charge in [0.15, 0.2) is 0 Å². The number of carbonyl (C=O) groups excluding carboxylic acids is 1. The molecule has 1 saturated heterocycles. The number of aromatic nitrogens is 2. The van der Waals surface area contributed by atoms with E-state index in [-0.39, 0.29) is 70.9 Å². The first-order valence-corrected chi connectivity index (χ1v) is 15.3. The number of aryl methyl sites for hydroxylation is 1. The third-order valence-corrected chi connectivity index (χ3v) is 8.33. The van der Waals surface area contributed by atoms with Crippen molar-refractivity contribution >= 4 is 63.6 Å². The molecule has 0 spiro atoms. The molecule has 1 aromatic heterocycles. The zero-order valence-corrected chi connectivity index (χ0v) is 27.3. The highest BCUT2D eigenvalue weighted by molar-refractivity contribution is 6.39. The molecule has 3 aromatic rings. The van der Waals surface area contributed by atoms with E-state index in [0.717, 1.165) is 4.90 Å². The summed E-state index contributed by atoms with van der Waals surface area (Å²) in [4.78, 5) is 31.7. The Morgan fingerprint density at radius 1 is 1.09 bits per heavy atom. The van der Waals surface area contributed by atoms with E-state index < -0.39 is 48.9 Å². The van der Waals surface area contributed by atoms with Crippen LogP contribution in [0.3, 0.4) is 0 Å². The summed E-state index contributed by atoms with van der Waals surface area (Å²) in [5.74, 6) is -2.92. The van der Waals surface area contributed by atoms with Crippen molar-refractivity contribution in [1.29, 1.82) is 0 Å². The van der Waals surface area contributed by atoms with E-state index >= 15 is 0 Å². The van der Waals surface area contributed by atoms with Gasteiger partial charge < -0.3 is 29.5 Å². The number of carboxylic acids is 1. The number of carboxylic acid groups (broad SMARTS) is 1. The maximum Gasteiger partial charge on any atom is 0.407 e. The molecule has 2 aromatic carbocycles. The zero-order valence-electron chi connectivity index (χ0n) is 25.8. The Labute approximate surface area is 276 Å². The number of piperidine rings is 1. The Kier molecular flexibility index (Phi) is 10.4. The summed E-state index contributed by atoms with van der Waals surface area (Å²) < 4.78 is 87.2. The van der Waals surface area contributed by atoms with Gasteiger partial charge in [0.25, 0.3) is 0 Å². The number of alkyl carbamates (subject to hydrolysis) is 1. The largest absolute Gasteiger partial charge is 0.478 e. The van der Waals surface area contributed by atoms with E-state index in [2.05, 4.69) is 10.3 Å². The van der Waals surface area contributed by atoms with Gasteiger partial charge in [-0.25, -0.2) is 14.6 Å². The smallest absolute Gasteiger partial charge is 0.407 e. The van der Waals surface area contributed by atoms with Crippen molar-refractivity contribution in [2.24, 2.45) is 13.0 Å². The second-order valence-corrected chi connectivity index (χ2v) is 13.0. The van der Waals surface area contributed by atoms with Gasteiger partial charge in [-0.1, -0.05) is 29.3 Å². The molecule has 1 aliphatic heterocycles. The highest BCUT2D eigenvalue weighted by Crippen LogP contribution is 2.42. The van der Waals surface area contributed by atoms with Crippen molar-refractivity contribution in [2.45, 2.75) is 64.5 Å². The molecule has 17 heteroatoms. The van der Waals surface area contributed by atoms with Gasteiger partial charge in [-0.2, -0.15) is 26.3 Å². The number of nitrogens with one attached hydrogen (secondary N) is 1. The van der Waals surface area contributed by atoms with Gasteiger partial charge in [0.2, 0.25) is 5.95 Å². The number of halogens is 8. The number of fused-ring (bicyclic) bond motifs is 1. The average molecular weight is 713 g/mol. The molecule has 2 heterocycles. The van der Waals surface area contributed by atoms with Crippen LogP contribution in [0.25, 0.3) is 11.0 Å². The zero-order chi connectivity index (χ0) is 35.1. The number of benzene rings is 2. The molecule has 1 amide bonds. The first-order valence-electron chi connectivity index (χ1n) is 14.5. The minimum absolute atomic E-state index is 0.0234. The summed E-state index contributed by atoms with van der Waals surface area (Å²) in [7, 11) is 1.50. The second kappa shape index (κ2) is 13.5. The quantitative estimate of drug-likeness (QED) is 0.226. The van der Waals surface area contributed by atoms with Crippen molar-refractivity contribution in [3.63, 3.8) is 0 Å². The third-order valence-electron chi connectivity index (χ3n) is 7.60. The molecule has 0 atom stereocenters. The Morgan fingerprint density at radius 3 is 2.28 bits per heavy atom. The maximum atomic E-state index is 13.6. The van der Waals surface area contributed by atoms with Crippen LogP contribution in [0.4, 0.5) is 48.5 Å². The normalized spacial score (nSPS) is 14.9. The number of anilines is 3. The van der Waals surface area contributed by atoms with E-state index in [1.165, 1.54) is 35.9 Å². The van der Waals surface area contributed by atoms with E-state index in [9.17, 15) is 41.0 Å².